The van der Waals surface area contributed by atoms with Crippen molar-refractivity contribution in [1.82, 2.24) is 4.98 Å². The predicted molar refractivity (Wildman–Crippen MR) is 85.9 cm³/mol. The molecular weight excluding hydrogens is 322 g/mol. The number of aromatic hydroxyl groups is 1. The third-order valence-corrected chi connectivity index (χ3v) is 3.48. The third-order valence-electron chi connectivity index (χ3n) is 2.99. The van der Waals surface area contributed by atoms with Crippen LogP contribution in [0.2, 0.25) is 0 Å². The predicted octanol–water partition coefficient (Wildman–Crippen LogP) is 4.91. The lowest BCUT2D eigenvalue weighted by Crippen LogP contribution is -1.87. The van der Waals surface area contributed by atoms with Gasteiger partial charge in [-0.25, -0.2) is 8.78 Å². The Hall–Kier alpha value is -2.96. The molecule has 1 heterocycles. The van der Waals surface area contributed by atoms with Gasteiger partial charge in [0, 0.05) is 22.8 Å². The number of nitrogens with one attached hydrogen (secondary N) is 2. The molecule has 2 aromatic carbocycles. The molecule has 0 saturated carbocycles. The van der Waals surface area contributed by atoms with E-state index < -0.39 is 11.6 Å². The Balaban J connectivity index is 1.75. The van der Waals surface area contributed by atoms with E-state index in [0.29, 0.717) is 5.69 Å². The Morgan fingerprint density at radius 1 is 1.17 bits per heavy atom. The van der Waals surface area contributed by atoms with Crippen LogP contribution >= 0.6 is 11.4 Å². The number of para-hydroxylation sites is 1. The maximum atomic E-state index is 13.4. The monoisotopic (exact) mass is 332 g/mol. The van der Waals surface area contributed by atoms with Crippen molar-refractivity contribution in [3.05, 3.63) is 54.1 Å². The number of H-pyrrole nitrogens is 1. The number of hydrogen-bond acceptors (Lipinski definition) is 4. The third kappa shape index (κ3) is 3.28. The van der Waals surface area contributed by atoms with Gasteiger partial charge in [-0.2, -0.15) is 0 Å². The topological polar surface area (TPSA) is 72.8 Å². The first-order chi connectivity index (χ1) is 11.1. The van der Waals surface area contributed by atoms with Gasteiger partial charge in [-0.1, -0.05) is 23.3 Å². The van der Waals surface area contributed by atoms with Crippen LogP contribution in [0.1, 0.15) is 0 Å². The van der Waals surface area contributed by atoms with E-state index in [1.165, 1.54) is 6.07 Å². The highest BCUT2D eigenvalue weighted by Crippen LogP contribution is 2.35. The first-order valence-electron chi connectivity index (χ1n) is 6.47. The Bertz CT molecular complexity index is 959. The van der Waals surface area contributed by atoms with Gasteiger partial charge < -0.3 is 14.8 Å². The van der Waals surface area contributed by atoms with Crippen molar-refractivity contribution in [2.75, 3.05) is 4.72 Å². The van der Waals surface area contributed by atoms with Gasteiger partial charge in [0.15, 0.2) is 5.69 Å². The summed E-state index contributed by atoms with van der Waals surface area (Å²) in [6.45, 7) is 0. The zero-order chi connectivity index (χ0) is 16.2. The number of halogens is 2. The molecule has 3 aromatic rings. The van der Waals surface area contributed by atoms with E-state index in [-0.39, 0.29) is 11.6 Å². The van der Waals surface area contributed by atoms with Gasteiger partial charge in [-0.05, 0) is 18.2 Å². The van der Waals surface area contributed by atoms with Crippen molar-refractivity contribution in [2.45, 2.75) is 0 Å². The number of anilines is 1. The number of benzene rings is 2. The smallest absolute Gasteiger partial charge is 0.218 e. The van der Waals surface area contributed by atoms with Gasteiger partial charge >= 0.3 is 0 Å². The van der Waals surface area contributed by atoms with E-state index >= 15 is 0 Å². The molecule has 0 atom stereocenters. The largest absolute Gasteiger partial charge is 0.493 e. The molecule has 23 heavy (non-hydrogen) atoms. The molecule has 0 fully saturated rings. The normalized spacial score (nSPS) is 10.9. The fraction of sp³-hybridized carbons (Fsp3) is 0. The lowest BCUT2D eigenvalue weighted by atomic mass is 10.2. The highest BCUT2D eigenvalue weighted by molar-refractivity contribution is 7.90. The van der Waals surface area contributed by atoms with E-state index in [2.05, 4.69) is 25.2 Å². The molecule has 116 valence electrons. The number of rotatable bonds is 2. The Labute approximate surface area is 133 Å². The minimum Gasteiger partial charge on any atom is -0.493 e. The molecule has 3 N–H and O–H groups in total. The second-order valence-corrected chi connectivity index (χ2v) is 5.08. The molecule has 5 nitrogen and oxygen atoms in total. The minimum atomic E-state index is -0.717. The molecule has 3 rings (SSSR count). The standard InChI is InChI=1S/C15H10F2N4OS/c16-9-5-6-13(11(17)7-9)21-23-8-18-20-14-10-3-1-2-4-12(10)19-15(14)22/h1-7,19,21-22H. The van der Waals surface area contributed by atoms with Crippen LogP contribution in [0, 0.1) is 16.9 Å². The lowest BCUT2D eigenvalue weighted by Gasteiger charge is -1.98. The van der Waals surface area contributed by atoms with E-state index in [4.69, 9.17) is 0 Å². The molecule has 0 bridgehead atoms. The van der Waals surface area contributed by atoms with Crippen molar-refractivity contribution in [3.63, 3.8) is 0 Å². The summed E-state index contributed by atoms with van der Waals surface area (Å²) >= 11 is 0.845. The summed E-state index contributed by atoms with van der Waals surface area (Å²) < 4.78 is 28.8. The Kier molecular flexibility index (Phi) is 4.18. The Morgan fingerprint density at radius 2 is 2.00 bits per heavy atom. The van der Waals surface area contributed by atoms with Crippen LogP contribution in [0.15, 0.2) is 52.7 Å². The second kappa shape index (κ2) is 6.43. The first kappa shape index (κ1) is 15.0. The van der Waals surface area contributed by atoms with E-state index in [0.717, 1.165) is 34.4 Å². The van der Waals surface area contributed by atoms with Crippen LogP contribution < -0.4 is 4.72 Å². The van der Waals surface area contributed by atoms with Crippen LogP contribution in [-0.4, -0.2) is 10.1 Å². The van der Waals surface area contributed by atoms with Crippen LogP contribution in [0.25, 0.3) is 10.9 Å². The first-order valence-corrected chi connectivity index (χ1v) is 7.29. The maximum Gasteiger partial charge on any atom is 0.218 e. The van der Waals surface area contributed by atoms with E-state index in [1.807, 2.05) is 12.1 Å². The molecule has 0 radical (unpaired) electrons. The van der Waals surface area contributed by atoms with Crippen LogP contribution in [0.5, 0.6) is 5.88 Å². The average Bonchev–Trinajstić information content (AvgIpc) is 2.84. The maximum absolute atomic E-state index is 13.4. The zero-order valence-electron chi connectivity index (χ0n) is 11.5. The van der Waals surface area contributed by atoms with Crippen molar-refractivity contribution in [3.8, 4) is 11.2 Å². The summed E-state index contributed by atoms with van der Waals surface area (Å²) in [7, 11) is 0. The van der Waals surface area contributed by atoms with Gasteiger partial charge in [-0.3, -0.25) is 0 Å². The van der Waals surface area contributed by atoms with Crippen molar-refractivity contribution in [1.29, 1.82) is 0 Å². The fourth-order valence-corrected chi connectivity index (χ4v) is 2.36. The summed E-state index contributed by atoms with van der Waals surface area (Å²) in [6, 6.07) is 10.4. The van der Waals surface area contributed by atoms with E-state index in [1.54, 1.807) is 12.1 Å². The van der Waals surface area contributed by atoms with Crippen molar-refractivity contribution >= 4 is 33.6 Å². The molecular formula is C15H10F2N4OS. The van der Waals surface area contributed by atoms with Crippen molar-refractivity contribution < 1.29 is 13.9 Å². The molecule has 0 amide bonds. The molecule has 1 aromatic heterocycles. The summed E-state index contributed by atoms with van der Waals surface area (Å²) in [5.74, 6) is -1.47. The number of azo groups is 1. The van der Waals surface area contributed by atoms with Crippen LogP contribution in [0.3, 0.4) is 0 Å². The number of aromatic nitrogens is 1. The lowest BCUT2D eigenvalue weighted by molar-refractivity contribution is 0.459. The summed E-state index contributed by atoms with van der Waals surface area (Å²) in [4.78, 5) is 2.77. The summed E-state index contributed by atoms with van der Waals surface area (Å²) in [6.07, 6.45) is 0. The van der Waals surface area contributed by atoms with Gasteiger partial charge in [-0.15, -0.1) is 5.11 Å². The van der Waals surface area contributed by atoms with E-state index in [9.17, 15) is 13.9 Å². The number of nitrogens with zero attached hydrogens (tertiary/aromatic N) is 2. The van der Waals surface area contributed by atoms with Gasteiger partial charge in [0.1, 0.15) is 11.6 Å². The highest BCUT2D eigenvalue weighted by Gasteiger charge is 2.08. The second-order valence-electron chi connectivity index (χ2n) is 4.49. The zero-order valence-corrected chi connectivity index (χ0v) is 12.4. The molecule has 0 spiro atoms. The number of fused-ring (bicyclic) bond motifs is 1. The summed E-state index contributed by atoms with van der Waals surface area (Å²) in [5, 5.41) is 20.6. The van der Waals surface area contributed by atoms with Gasteiger partial charge in [0.2, 0.25) is 5.88 Å². The van der Waals surface area contributed by atoms with Crippen molar-refractivity contribution in [2.24, 2.45) is 10.2 Å². The molecule has 0 saturated heterocycles. The fourth-order valence-electron chi connectivity index (χ4n) is 1.96. The van der Waals surface area contributed by atoms with Gasteiger partial charge in [0.25, 0.3) is 0 Å². The summed E-state index contributed by atoms with van der Waals surface area (Å²) in [5.41, 5.74) is 1.13. The molecule has 0 aliphatic carbocycles. The SMILES string of the molecule is Oc1[nH]c2ccccc2c1N=NC#SNc1ccc(F)cc1F. The van der Waals surface area contributed by atoms with Crippen LogP contribution in [0.4, 0.5) is 20.2 Å². The number of aromatic amines is 1. The Morgan fingerprint density at radius 3 is 2.83 bits per heavy atom. The average molecular weight is 332 g/mol. The van der Waals surface area contributed by atoms with Gasteiger partial charge in [0.05, 0.1) is 16.5 Å². The number of hydrogen-bond donors (Lipinski definition) is 3. The minimum absolute atomic E-state index is 0.0979. The molecule has 8 heteroatoms. The van der Waals surface area contributed by atoms with Crippen LogP contribution in [-0.2, 0) is 0 Å². The quantitative estimate of drug-likeness (QED) is 0.461. The molecule has 0 aliphatic heterocycles. The molecule has 0 unspecified atom stereocenters. The highest BCUT2D eigenvalue weighted by atomic mass is 32.1. The molecule has 0 aliphatic rings.